The Hall–Kier alpha value is -5.52. The molecule has 0 radical (unpaired) electrons. The lowest BCUT2D eigenvalue weighted by Gasteiger charge is -2.26. The number of hydrogen-bond donors (Lipinski definition) is 4. The number of ether oxygens (including phenoxy) is 2. The van der Waals surface area contributed by atoms with Crippen LogP contribution in [0.15, 0.2) is 60.7 Å². The zero-order chi connectivity index (χ0) is 39.8. The van der Waals surface area contributed by atoms with Crippen LogP contribution < -0.4 is 10.6 Å². The molecule has 0 aliphatic heterocycles. The van der Waals surface area contributed by atoms with E-state index in [2.05, 4.69) is 51.8 Å². The maximum Gasteiger partial charge on any atom is 0.407 e. The van der Waals surface area contributed by atoms with Crippen molar-refractivity contribution < 1.29 is 19.1 Å². The van der Waals surface area contributed by atoms with Gasteiger partial charge in [0.25, 0.3) is 0 Å². The summed E-state index contributed by atoms with van der Waals surface area (Å²) in [5, 5.41) is 5.99. The molecular weight excluding hydrogens is 705 g/mol. The summed E-state index contributed by atoms with van der Waals surface area (Å²) in [5.74, 6) is 2.59. The van der Waals surface area contributed by atoms with Gasteiger partial charge in [-0.05, 0) is 128 Å². The molecule has 0 saturated heterocycles. The van der Waals surface area contributed by atoms with Gasteiger partial charge in [0, 0.05) is 36.1 Å². The van der Waals surface area contributed by atoms with E-state index in [9.17, 15) is 9.59 Å². The van der Waals surface area contributed by atoms with Gasteiger partial charge in [0.1, 0.15) is 22.9 Å². The number of hydrogen-bond acceptors (Lipinski definition) is 8. The molecule has 1 fully saturated rings. The largest absolute Gasteiger partial charge is 0.444 e. The Morgan fingerprint density at radius 3 is 1.79 bits per heavy atom. The van der Waals surface area contributed by atoms with Gasteiger partial charge in [0.2, 0.25) is 0 Å². The van der Waals surface area contributed by atoms with E-state index in [0.29, 0.717) is 5.92 Å². The average molecular weight is 759 g/mol. The van der Waals surface area contributed by atoms with Crippen molar-refractivity contribution in [1.82, 2.24) is 40.5 Å². The van der Waals surface area contributed by atoms with Crippen molar-refractivity contribution in [2.45, 2.75) is 117 Å². The molecule has 1 aliphatic carbocycles. The van der Waals surface area contributed by atoms with Crippen LogP contribution in [-0.4, -0.2) is 65.4 Å². The summed E-state index contributed by atoms with van der Waals surface area (Å²) < 4.78 is 10.8. The minimum absolute atomic E-state index is 0.0152. The number of benzene rings is 2. The number of fused-ring (bicyclic) bond motifs is 3. The lowest BCUT2D eigenvalue weighted by molar-refractivity contribution is 0.0485. The van der Waals surface area contributed by atoms with Gasteiger partial charge in [-0.1, -0.05) is 25.5 Å². The summed E-state index contributed by atoms with van der Waals surface area (Å²) in [5.41, 5.74) is 8.11. The Labute approximate surface area is 328 Å². The number of alkyl carbamates (subject to hydrolysis) is 2. The summed E-state index contributed by atoms with van der Waals surface area (Å²) in [6, 6.07) is 20.6. The first-order valence-corrected chi connectivity index (χ1v) is 19.8. The summed E-state index contributed by atoms with van der Waals surface area (Å²) in [6.07, 6.45) is 4.59. The molecular formula is C44H54N8O4. The predicted octanol–water partition coefficient (Wildman–Crippen LogP) is 9.43. The summed E-state index contributed by atoms with van der Waals surface area (Å²) in [4.78, 5) is 51.0. The molecule has 12 heteroatoms. The second-order valence-corrected chi connectivity index (χ2v) is 17.2. The third-order valence-corrected chi connectivity index (χ3v) is 10.3. The van der Waals surface area contributed by atoms with Crippen molar-refractivity contribution >= 4 is 45.3 Å². The average Bonchev–Trinajstić information content (AvgIpc) is 3.51. The Bertz CT molecular complexity index is 2370. The van der Waals surface area contributed by atoms with Crippen LogP contribution in [0.4, 0.5) is 9.59 Å². The first kappa shape index (κ1) is 38.7. The van der Waals surface area contributed by atoms with E-state index in [1.54, 1.807) is 0 Å². The molecule has 7 rings (SSSR count). The summed E-state index contributed by atoms with van der Waals surface area (Å²) in [7, 11) is 0. The Balaban J connectivity index is 0.969. The number of nitrogens with one attached hydrogen (secondary N) is 4. The van der Waals surface area contributed by atoms with Crippen LogP contribution in [0.2, 0.25) is 0 Å². The SMILES string of the molecule is CC[C@H](CCc1nc2ccc(-c3ccc4nc(-c5ccc6nc(CCC7CC7NC(=O)OC(C)(C)C)[nH]c6c5)ccc4n3)cc2[nH]1)C(C)NC(=O)OC(C)(C)C. The fourth-order valence-corrected chi connectivity index (χ4v) is 7.28. The van der Waals surface area contributed by atoms with Crippen LogP contribution in [0.1, 0.15) is 92.7 Å². The minimum atomic E-state index is -0.529. The quantitative estimate of drug-likeness (QED) is 0.0961. The second-order valence-electron chi connectivity index (χ2n) is 17.2. The van der Waals surface area contributed by atoms with Crippen molar-refractivity contribution in [3.8, 4) is 22.5 Å². The third kappa shape index (κ3) is 9.64. The topological polar surface area (TPSA) is 160 Å². The number of amides is 2. The lowest BCUT2D eigenvalue weighted by atomic mass is 9.93. The van der Waals surface area contributed by atoms with E-state index in [-0.39, 0.29) is 30.2 Å². The van der Waals surface area contributed by atoms with E-state index in [0.717, 1.165) is 106 Å². The smallest absolute Gasteiger partial charge is 0.407 e. The highest BCUT2D eigenvalue weighted by Crippen LogP contribution is 2.35. The van der Waals surface area contributed by atoms with Crippen molar-refractivity contribution in [3.05, 3.63) is 72.3 Å². The van der Waals surface area contributed by atoms with E-state index >= 15 is 0 Å². The fourth-order valence-electron chi connectivity index (χ4n) is 7.28. The van der Waals surface area contributed by atoms with Crippen molar-refractivity contribution in [2.24, 2.45) is 11.8 Å². The van der Waals surface area contributed by atoms with Gasteiger partial charge in [-0.3, -0.25) is 0 Å². The molecule has 3 unspecified atom stereocenters. The molecule has 6 aromatic rings. The van der Waals surface area contributed by atoms with Gasteiger partial charge in [-0.2, -0.15) is 0 Å². The molecule has 294 valence electrons. The zero-order valence-corrected chi connectivity index (χ0v) is 33.7. The van der Waals surface area contributed by atoms with E-state index < -0.39 is 11.2 Å². The lowest BCUT2D eigenvalue weighted by Crippen LogP contribution is -2.41. The number of carbonyl (C=O) groups excluding carboxylic acids is 2. The molecule has 12 nitrogen and oxygen atoms in total. The molecule has 4 N–H and O–H groups in total. The van der Waals surface area contributed by atoms with Gasteiger partial charge in [-0.15, -0.1) is 0 Å². The monoisotopic (exact) mass is 758 g/mol. The maximum atomic E-state index is 12.3. The molecule has 2 amide bonds. The zero-order valence-electron chi connectivity index (χ0n) is 33.7. The Morgan fingerprint density at radius 1 is 0.732 bits per heavy atom. The first-order valence-electron chi connectivity index (χ1n) is 19.8. The van der Waals surface area contributed by atoms with E-state index in [4.69, 9.17) is 29.4 Å². The normalized spacial score (nSPS) is 16.9. The van der Waals surface area contributed by atoms with Crippen molar-refractivity contribution in [2.75, 3.05) is 0 Å². The van der Waals surface area contributed by atoms with Crippen LogP contribution in [0.5, 0.6) is 0 Å². The molecule has 1 saturated carbocycles. The standard InChI is InChI=1S/C44H54N8O4/c1-9-26(25(2)45-41(53)55-43(3,4)5)12-20-39-48-34-14-10-27(23-37(34)50-39)30-16-18-33-32(46-30)19-17-31(47-33)28-11-15-35-38(24-28)51-40(49-35)21-13-29-22-36(29)52-42(54)56-44(6,7)8/h10-11,14-19,23-26,29,36H,9,12-13,20-22H2,1-8H3,(H,45,53)(H,48,50)(H,49,51)(H,52,54)/t25?,26-,29?,36?/m1/s1. The van der Waals surface area contributed by atoms with Crippen LogP contribution >= 0.6 is 0 Å². The molecule has 4 atom stereocenters. The maximum absolute atomic E-state index is 12.3. The summed E-state index contributed by atoms with van der Waals surface area (Å²) >= 11 is 0. The number of aromatic amines is 2. The van der Waals surface area contributed by atoms with Gasteiger partial charge in [-0.25, -0.2) is 29.5 Å². The molecule has 1 aliphatic rings. The first-order chi connectivity index (χ1) is 26.6. The third-order valence-electron chi connectivity index (χ3n) is 10.3. The number of aromatic nitrogens is 6. The van der Waals surface area contributed by atoms with Crippen molar-refractivity contribution in [1.29, 1.82) is 0 Å². The number of imidazole rings is 2. The Morgan fingerprint density at radius 2 is 1.25 bits per heavy atom. The van der Waals surface area contributed by atoms with Gasteiger partial charge < -0.3 is 30.1 Å². The summed E-state index contributed by atoms with van der Waals surface area (Å²) in [6.45, 7) is 15.4. The Kier molecular flexibility index (Phi) is 10.8. The molecule has 0 bridgehead atoms. The predicted molar refractivity (Wildman–Crippen MR) is 220 cm³/mol. The van der Waals surface area contributed by atoms with Crippen molar-refractivity contribution in [3.63, 3.8) is 0 Å². The van der Waals surface area contributed by atoms with E-state index in [1.165, 1.54) is 0 Å². The highest BCUT2D eigenvalue weighted by Gasteiger charge is 2.38. The number of carbonyl (C=O) groups is 2. The number of pyridine rings is 2. The minimum Gasteiger partial charge on any atom is -0.444 e. The van der Waals surface area contributed by atoms with Crippen LogP contribution in [-0.2, 0) is 22.3 Å². The van der Waals surface area contributed by atoms with Crippen LogP contribution in [0.3, 0.4) is 0 Å². The number of rotatable bonds is 12. The highest BCUT2D eigenvalue weighted by atomic mass is 16.6. The van der Waals surface area contributed by atoms with E-state index in [1.807, 2.05) is 84.9 Å². The van der Waals surface area contributed by atoms with Gasteiger partial charge >= 0.3 is 12.2 Å². The molecule has 56 heavy (non-hydrogen) atoms. The molecule has 0 spiro atoms. The fraction of sp³-hybridized carbons (Fsp3) is 0.455. The number of H-pyrrole nitrogens is 2. The van der Waals surface area contributed by atoms with Gasteiger partial charge in [0.05, 0.1) is 44.5 Å². The highest BCUT2D eigenvalue weighted by molar-refractivity contribution is 5.86. The van der Waals surface area contributed by atoms with Crippen LogP contribution in [0, 0.1) is 11.8 Å². The molecule has 4 heterocycles. The molecule has 4 aromatic heterocycles. The second kappa shape index (κ2) is 15.5. The molecule has 2 aromatic carbocycles. The number of nitrogens with zero attached hydrogens (tertiary/aromatic N) is 4. The van der Waals surface area contributed by atoms with Crippen LogP contribution in [0.25, 0.3) is 55.6 Å². The van der Waals surface area contributed by atoms with Gasteiger partial charge in [0.15, 0.2) is 0 Å². The number of aryl methyl sites for hydroxylation is 2.